The van der Waals surface area contributed by atoms with Crippen molar-refractivity contribution in [3.8, 4) is 11.5 Å². The van der Waals surface area contributed by atoms with E-state index in [0.29, 0.717) is 35.9 Å². The van der Waals surface area contributed by atoms with Crippen molar-refractivity contribution in [2.24, 2.45) is 0 Å². The highest BCUT2D eigenvalue weighted by Crippen LogP contribution is 2.32. The largest absolute Gasteiger partial charge is 0.497 e. The summed E-state index contributed by atoms with van der Waals surface area (Å²) in [6, 6.07) is 13.6. The molecule has 144 valence electrons. The third-order valence-corrected chi connectivity index (χ3v) is 5.00. The van der Waals surface area contributed by atoms with Crippen LogP contribution in [0.15, 0.2) is 48.5 Å². The van der Waals surface area contributed by atoms with Crippen molar-refractivity contribution in [1.29, 1.82) is 0 Å². The van der Waals surface area contributed by atoms with Crippen LogP contribution in [0.25, 0.3) is 0 Å². The predicted molar refractivity (Wildman–Crippen MR) is 103 cm³/mol. The van der Waals surface area contributed by atoms with Gasteiger partial charge in [-0.1, -0.05) is 24.3 Å². The molecule has 1 N–H and O–H groups in total. The maximum atomic E-state index is 13.0. The molecule has 1 amide bonds. The van der Waals surface area contributed by atoms with Crippen molar-refractivity contribution in [2.75, 3.05) is 31.4 Å². The quantitative estimate of drug-likeness (QED) is 0.817. The number of nitrogens with one attached hydrogen (secondary N) is 1. The van der Waals surface area contributed by atoms with Crippen LogP contribution in [0, 0.1) is 0 Å². The van der Waals surface area contributed by atoms with Crippen LogP contribution in [0.1, 0.15) is 18.0 Å². The zero-order valence-electron chi connectivity index (χ0n) is 15.2. The lowest BCUT2D eigenvalue weighted by Crippen LogP contribution is -2.40. The standard InChI is InChI=1S/C19H22N2O5S/c1-25-15-9-7-14(8-10-15)16(20-27(2,23)24)13-19(22)21-11-12-26-18-6-4-3-5-17(18)21/h3-10,16,20H,11-13H2,1-2H3/t16-/m1/s1. The first-order valence-corrected chi connectivity index (χ1v) is 10.4. The van der Waals surface area contributed by atoms with Gasteiger partial charge in [-0.15, -0.1) is 0 Å². The van der Waals surface area contributed by atoms with Crippen LogP contribution >= 0.6 is 0 Å². The third kappa shape index (κ3) is 4.78. The second-order valence-electron chi connectivity index (χ2n) is 6.28. The first kappa shape index (κ1) is 19.2. The van der Waals surface area contributed by atoms with E-state index in [1.807, 2.05) is 24.3 Å². The SMILES string of the molecule is COc1ccc([C@@H](CC(=O)N2CCOc3ccccc32)NS(C)(=O)=O)cc1. The number of rotatable bonds is 6. The van der Waals surface area contributed by atoms with E-state index in [1.54, 1.807) is 36.3 Å². The number of sulfonamides is 1. The van der Waals surface area contributed by atoms with Crippen molar-refractivity contribution in [1.82, 2.24) is 4.72 Å². The van der Waals surface area contributed by atoms with Crippen molar-refractivity contribution >= 4 is 21.6 Å². The van der Waals surface area contributed by atoms with Crippen LogP contribution in [0.4, 0.5) is 5.69 Å². The number of para-hydroxylation sites is 2. The van der Waals surface area contributed by atoms with Crippen molar-refractivity contribution in [2.45, 2.75) is 12.5 Å². The number of methoxy groups -OCH3 is 1. The number of hydrogen-bond donors (Lipinski definition) is 1. The molecular formula is C19H22N2O5S. The smallest absolute Gasteiger partial charge is 0.229 e. The van der Waals surface area contributed by atoms with E-state index < -0.39 is 16.1 Å². The normalized spacial score (nSPS) is 14.8. The van der Waals surface area contributed by atoms with Crippen LogP contribution in [0.5, 0.6) is 11.5 Å². The van der Waals surface area contributed by atoms with Gasteiger partial charge in [0.05, 0.1) is 31.6 Å². The molecule has 1 heterocycles. The van der Waals surface area contributed by atoms with Crippen LogP contribution in [0.3, 0.4) is 0 Å². The summed E-state index contributed by atoms with van der Waals surface area (Å²) in [6.07, 6.45) is 1.08. The third-order valence-electron chi connectivity index (χ3n) is 4.28. The van der Waals surface area contributed by atoms with Gasteiger partial charge in [-0.2, -0.15) is 0 Å². The van der Waals surface area contributed by atoms with E-state index in [9.17, 15) is 13.2 Å². The number of ether oxygens (including phenoxy) is 2. The molecule has 0 fully saturated rings. The van der Waals surface area contributed by atoms with Crippen molar-refractivity contribution < 1.29 is 22.7 Å². The summed E-state index contributed by atoms with van der Waals surface area (Å²) >= 11 is 0. The minimum atomic E-state index is -3.50. The van der Waals surface area contributed by atoms with Gasteiger partial charge in [0, 0.05) is 6.42 Å². The fourth-order valence-corrected chi connectivity index (χ4v) is 3.77. The molecule has 0 aromatic heterocycles. The summed E-state index contributed by atoms with van der Waals surface area (Å²) in [5, 5.41) is 0. The zero-order chi connectivity index (χ0) is 19.4. The van der Waals surface area contributed by atoms with E-state index in [0.717, 1.165) is 6.26 Å². The van der Waals surface area contributed by atoms with E-state index >= 15 is 0 Å². The van der Waals surface area contributed by atoms with Crippen LogP contribution in [0.2, 0.25) is 0 Å². The number of nitrogens with zero attached hydrogens (tertiary/aromatic N) is 1. The molecule has 2 aromatic carbocycles. The fourth-order valence-electron chi connectivity index (χ4n) is 3.04. The Balaban J connectivity index is 1.84. The van der Waals surface area contributed by atoms with Gasteiger partial charge in [0.1, 0.15) is 18.1 Å². The molecule has 1 aliphatic rings. The number of carbonyl (C=O) groups excluding carboxylic acids is 1. The van der Waals surface area contributed by atoms with Gasteiger partial charge in [-0.25, -0.2) is 13.1 Å². The Kier molecular flexibility index (Phi) is 5.67. The number of benzene rings is 2. The first-order valence-electron chi connectivity index (χ1n) is 8.51. The van der Waals surface area contributed by atoms with E-state index in [-0.39, 0.29) is 12.3 Å². The molecule has 0 radical (unpaired) electrons. The van der Waals surface area contributed by atoms with Gasteiger partial charge in [-0.05, 0) is 29.8 Å². The predicted octanol–water partition coefficient (Wildman–Crippen LogP) is 2.10. The Labute approximate surface area is 158 Å². The van der Waals surface area contributed by atoms with Crippen molar-refractivity contribution in [3.63, 3.8) is 0 Å². The number of anilines is 1. The Bertz CT molecular complexity index is 912. The number of fused-ring (bicyclic) bond motifs is 1. The van der Waals surface area contributed by atoms with Gasteiger partial charge in [0.2, 0.25) is 15.9 Å². The molecule has 0 bridgehead atoms. The Hall–Kier alpha value is -2.58. The molecule has 27 heavy (non-hydrogen) atoms. The summed E-state index contributed by atoms with van der Waals surface area (Å²) in [7, 11) is -1.94. The molecule has 3 rings (SSSR count). The van der Waals surface area contributed by atoms with Gasteiger partial charge >= 0.3 is 0 Å². The maximum absolute atomic E-state index is 13.0. The molecule has 0 saturated carbocycles. The van der Waals surface area contributed by atoms with E-state index in [4.69, 9.17) is 9.47 Å². The molecule has 1 atom stereocenters. The Morgan fingerprint density at radius 3 is 2.59 bits per heavy atom. The van der Waals surface area contributed by atoms with Gasteiger partial charge < -0.3 is 14.4 Å². The minimum Gasteiger partial charge on any atom is -0.497 e. The molecule has 2 aromatic rings. The van der Waals surface area contributed by atoms with Gasteiger partial charge in [-0.3, -0.25) is 4.79 Å². The van der Waals surface area contributed by atoms with Crippen LogP contribution < -0.4 is 19.1 Å². The number of amides is 1. The molecule has 8 heteroatoms. The highest BCUT2D eigenvalue weighted by Gasteiger charge is 2.27. The zero-order valence-corrected chi connectivity index (χ0v) is 16.0. The molecule has 0 spiro atoms. The second-order valence-corrected chi connectivity index (χ2v) is 8.06. The highest BCUT2D eigenvalue weighted by atomic mass is 32.2. The fraction of sp³-hybridized carbons (Fsp3) is 0.316. The first-order chi connectivity index (χ1) is 12.9. The molecule has 0 saturated heterocycles. The average molecular weight is 390 g/mol. The number of carbonyl (C=O) groups is 1. The Morgan fingerprint density at radius 2 is 1.93 bits per heavy atom. The molecule has 0 unspecified atom stereocenters. The summed E-state index contributed by atoms with van der Waals surface area (Å²) in [5.41, 5.74) is 1.39. The Morgan fingerprint density at radius 1 is 1.22 bits per heavy atom. The maximum Gasteiger partial charge on any atom is 0.229 e. The second kappa shape index (κ2) is 7.98. The summed E-state index contributed by atoms with van der Waals surface area (Å²) < 4.78 is 36.9. The monoisotopic (exact) mass is 390 g/mol. The number of hydrogen-bond acceptors (Lipinski definition) is 5. The van der Waals surface area contributed by atoms with E-state index in [2.05, 4.69) is 4.72 Å². The molecular weight excluding hydrogens is 368 g/mol. The average Bonchev–Trinajstić information content (AvgIpc) is 2.66. The minimum absolute atomic E-state index is 0.00622. The lowest BCUT2D eigenvalue weighted by atomic mass is 10.0. The summed E-state index contributed by atoms with van der Waals surface area (Å²) in [4.78, 5) is 14.6. The van der Waals surface area contributed by atoms with Gasteiger partial charge in [0.15, 0.2) is 0 Å². The summed E-state index contributed by atoms with van der Waals surface area (Å²) in [6.45, 7) is 0.819. The lowest BCUT2D eigenvalue weighted by molar-refractivity contribution is -0.119. The van der Waals surface area contributed by atoms with Crippen LogP contribution in [-0.2, 0) is 14.8 Å². The molecule has 0 aliphatic carbocycles. The lowest BCUT2D eigenvalue weighted by Gasteiger charge is -2.30. The van der Waals surface area contributed by atoms with Crippen molar-refractivity contribution in [3.05, 3.63) is 54.1 Å². The highest BCUT2D eigenvalue weighted by molar-refractivity contribution is 7.88. The van der Waals surface area contributed by atoms with Crippen LogP contribution in [-0.4, -0.2) is 40.8 Å². The topological polar surface area (TPSA) is 84.9 Å². The molecule has 7 nitrogen and oxygen atoms in total. The molecule has 1 aliphatic heterocycles. The van der Waals surface area contributed by atoms with Gasteiger partial charge in [0.25, 0.3) is 0 Å². The van der Waals surface area contributed by atoms with E-state index in [1.165, 1.54) is 0 Å². The summed E-state index contributed by atoms with van der Waals surface area (Å²) in [5.74, 6) is 1.13.